The zero-order chi connectivity index (χ0) is 12.1. The first kappa shape index (κ1) is 11.8. The summed E-state index contributed by atoms with van der Waals surface area (Å²) < 4.78 is 1.07. The van der Waals surface area contributed by atoms with Gasteiger partial charge >= 0.3 is 0 Å². The number of benzene rings is 1. The second-order valence-corrected chi connectivity index (χ2v) is 4.35. The van der Waals surface area contributed by atoms with Crippen molar-refractivity contribution in [1.82, 2.24) is 20.2 Å². The van der Waals surface area contributed by atoms with Gasteiger partial charge in [-0.3, -0.25) is 0 Å². The summed E-state index contributed by atoms with van der Waals surface area (Å²) in [6.07, 6.45) is 1.72. The van der Waals surface area contributed by atoms with Crippen LogP contribution in [0, 0.1) is 0 Å². The average Bonchev–Trinajstić information content (AvgIpc) is 2.77. The Hall–Kier alpha value is -1.69. The van der Waals surface area contributed by atoms with E-state index in [-0.39, 0.29) is 0 Å². The number of allylic oxidation sites excluding steroid dienone is 1. The second kappa shape index (κ2) is 5.58. The van der Waals surface area contributed by atoms with Gasteiger partial charge in [0.1, 0.15) is 0 Å². The Balaban J connectivity index is 1.92. The molecule has 0 aliphatic carbocycles. The van der Waals surface area contributed by atoms with E-state index in [2.05, 4.69) is 43.2 Å². The number of aromatic nitrogens is 4. The lowest BCUT2D eigenvalue weighted by Crippen LogP contribution is -2.03. The highest BCUT2D eigenvalue weighted by Gasteiger charge is 2.00. The molecule has 1 aromatic carbocycles. The van der Waals surface area contributed by atoms with Gasteiger partial charge in [-0.05, 0) is 22.9 Å². The van der Waals surface area contributed by atoms with Gasteiger partial charge < -0.3 is 5.32 Å². The summed E-state index contributed by atoms with van der Waals surface area (Å²) in [5, 5.41) is 15.0. The molecule has 88 valence electrons. The summed E-state index contributed by atoms with van der Waals surface area (Å²) in [5.74, 6) is 0.523. The molecule has 6 heteroatoms. The van der Waals surface area contributed by atoms with Crippen molar-refractivity contribution in [2.45, 2.75) is 13.1 Å². The first-order valence-electron chi connectivity index (χ1n) is 5.15. The molecule has 0 aliphatic heterocycles. The predicted molar refractivity (Wildman–Crippen MR) is 69.5 cm³/mol. The van der Waals surface area contributed by atoms with E-state index < -0.39 is 0 Å². The molecule has 1 heterocycles. The summed E-state index contributed by atoms with van der Waals surface area (Å²) in [4.78, 5) is 1.48. The maximum absolute atomic E-state index is 4.14. The van der Waals surface area contributed by atoms with Gasteiger partial charge in [0.25, 0.3) is 5.95 Å². The normalized spacial score (nSPS) is 10.2. The lowest BCUT2D eigenvalue weighted by molar-refractivity contribution is 0.583. The first-order valence-corrected chi connectivity index (χ1v) is 5.94. The summed E-state index contributed by atoms with van der Waals surface area (Å²) in [7, 11) is 0. The Morgan fingerprint density at radius 3 is 2.82 bits per heavy atom. The van der Waals surface area contributed by atoms with Gasteiger partial charge in [0.15, 0.2) is 0 Å². The van der Waals surface area contributed by atoms with Crippen molar-refractivity contribution in [3.8, 4) is 0 Å². The van der Waals surface area contributed by atoms with Crippen LogP contribution in [0.5, 0.6) is 0 Å². The molecule has 2 aromatic rings. The van der Waals surface area contributed by atoms with Crippen molar-refractivity contribution in [2.75, 3.05) is 5.32 Å². The molecule has 5 nitrogen and oxygen atoms in total. The number of hydrogen-bond donors (Lipinski definition) is 1. The predicted octanol–water partition coefficient (Wildman–Crippen LogP) is 2.23. The number of nitrogens with one attached hydrogen (secondary N) is 1. The lowest BCUT2D eigenvalue weighted by atomic mass is 10.2. The van der Waals surface area contributed by atoms with Crippen LogP contribution in [0.1, 0.15) is 5.56 Å². The molecule has 2 rings (SSSR count). The molecular weight excluding hydrogens is 282 g/mol. The summed E-state index contributed by atoms with van der Waals surface area (Å²) in [5.41, 5.74) is 1.16. The molecule has 0 atom stereocenters. The fourth-order valence-electron chi connectivity index (χ4n) is 1.29. The molecular formula is C11H12BrN5. The molecule has 0 saturated carbocycles. The van der Waals surface area contributed by atoms with E-state index in [1.807, 2.05) is 24.3 Å². The van der Waals surface area contributed by atoms with E-state index >= 15 is 0 Å². The number of hydrogen-bond acceptors (Lipinski definition) is 4. The van der Waals surface area contributed by atoms with Crippen LogP contribution in [-0.4, -0.2) is 20.2 Å². The Bertz CT molecular complexity index is 491. The topological polar surface area (TPSA) is 55.6 Å². The van der Waals surface area contributed by atoms with Gasteiger partial charge in [0.05, 0.1) is 6.54 Å². The third kappa shape index (κ3) is 3.39. The van der Waals surface area contributed by atoms with Crippen molar-refractivity contribution in [1.29, 1.82) is 0 Å². The summed E-state index contributed by atoms with van der Waals surface area (Å²) in [6, 6.07) is 8.06. The molecule has 0 bridgehead atoms. The minimum absolute atomic E-state index is 0.523. The van der Waals surface area contributed by atoms with E-state index in [0.29, 0.717) is 19.0 Å². The van der Waals surface area contributed by atoms with Crippen molar-refractivity contribution < 1.29 is 0 Å². The molecule has 1 N–H and O–H groups in total. The minimum Gasteiger partial charge on any atom is -0.348 e. The molecule has 0 fully saturated rings. The van der Waals surface area contributed by atoms with Crippen LogP contribution < -0.4 is 5.32 Å². The van der Waals surface area contributed by atoms with Crippen molar-refractivity contribution in [3.63, 3.8) is 0 Å². The fourth-order valence-corrected chi connectivity index (χ4v) is 1.55. The highest BCUT2D eigenvalue weighted by Crippen LogP contribution is 2.11. The number of nitrogens with zero attached hydrogens (tertiary/aromatic N) is 4. The van der Waals surface area contributed by atoms with Crippen molar-refractivity contribution in [3.05, 3.63) is 47.0 Å². The molecule has 17 heavy (non-hydrogen) atoms. The van der Waals surface area contributed by atoms with Gasteiger partial charge in [-0.1, -0.05) is 39.2 Å². The van der Waals surface area contributed by atoms with Gasteiger partial charge in [-0.25, -0.2) is 0 Å². The maximum atomic E-state index is 4.14. The molecule has 0 amide bonds. The van der Waals surface area contributed by atoms with E-state index in [1.165, 1.54) is 4.80 Å². The van der Waals surface area contributed by atoms with Crippen LogP contribution in [0.25, 0.3) is 0 Å². The van der Waals surface area contributed by atoms with Gasteiger partial charge in [-0.15, -0.1) is 11.7 Å². The molecule has 0 radical (unpaired) electrons. The quantitative estimate of drug-likeness (QED) is 0.859. The first-order chi connectivity index (χ1) is 8.28. The standard InChI is InChI=1S/C11H12BrN5/c1-2-7-17-15-11(14-16-17)13-8-9-3-5-10(12)6-4-9/h2-6H,1,7-8H2,(H,13,15). The Morgan fingerprint density at radius 1 is 1.35 bits per heavy atom. The zero-order valence-corrected chi connectivity index (χ0v) is 10.8. The molecule has 0 aliphatic rings. The number of halogens is 1. The lowest BCUT2D eigenvalue weighted by Gasteiger charge is -2.01. The van der Waals surface area contributed by atoms with Crippen molar-refractivity contribution in [2.24, 2.45) is 0 Å². The highest BCUT2D eigenvalue weighted by atomic mass is 79.9. The summed E-state index contributed by atoms with van der Waals surface area (Å²) in [6.45, 7) is 4.85. The number of anilines is 1. The SMILES string of the molecule is C=CCn1nnc(NCc2ccc(Br)cc2)n1. The van der Waals surface area contributed by atoms with Gasteiger partial charge in [0, 0.05) is 11.0 Å². The largest absolute Gasteiger partial charge is 0.348 e. The zero-order valence-electron chi connectivity index (χ0n) is 9.17. The molecule has 0 saturated heterocycles. The minimum atomic E-state index is 0.523. The van der Waals surface area contributed by atoms with Crippen LogP contribution in [0.2, 0.25) is 0 Å². The third-order valence-corrected chi connectivity index (χ3v) is 2.64. The Labute approximate surface area is 108 Å². The van der Waals surface area contributed by atoms with E-state index in [0.717, 1.165) is 10.0 Å². The van der Waals surface area contributed by atoms with Gasteiger partial charge in [0.2, 0.25) is 0 Å². The monoisotopic (exact) mass is 293 g/mol. The average molecular weight is 294 g/mol. The molecule has 0 unspecified atom stereocenters. The van der Waals surface area contributed by atoms with E-state index in [1.54, 1.807) is 6.08 Å². The van der Waals surface area contributed by atoms with Crippen molar-refractivity contribution >= 4 is 21.9 Å². The van der Waals surface area contributed by atoms with Crippen LogP contribution in [0.4, 0.5) is 5.95 Å². The Morgan fingerprint density at radius 2 is 2.12 bits per heavy atom. The van der Waals surface area contributed by atoms with Gasteiger partial charge in [-0.2, -0.15) is 4.80 Å². The second-order valence-electron chi connectivity index (χ2n) is 3.44. The smallest absolute Gasteiger partial charge is 0.263 e. The van der Waals surface area contributed by atoms with Crippen LogP contribution in [0.15, 0.2) is 41.4 Å². The van der Waals surface area contributed by atoms with E-state index in [9.17, 15) is 0 Å². The molecule has 0 spiro atoms. The summed E-state index contributed by atoms with van der Waals surface area (Å²) >= 11 is 3.39. The van der Waals surface area contributed by atoms with E-state index in [4.69, 9.17) is 0 Å². The fraction of sp³-hybridized carbons (Fsp3) is 0.182. The number of tetrazole rings is 1. The maximum Gasteiger partial charge on any atom is 0.263 e. The number of rotatable bonds is 5. The Kier molecular flexibility index (Phi) is 3.87. The highest BCUT2D eigenvalue weighted by molar-refractivity contribution is 9.10. The van der Waals surface area contributed by atoms with Crippen LogP contribution in [-0.2, 0) is 13.1 Å². The molecule has 1 aromatic heterocycles. The van der Waals surface area contributed by atoms with Crippen LogP contribution in [0.3, 0.4) is 0 Å². The third-order valence-electron chi connectivity index (χ3n) is 2.11. The van der Waals surface area contributed by atoms with Crippen LogP contribution >= 0.6 is 15.9 Å².